The van der Waals surface area contributed by atoms with E-state index in [0.29, 0.717) is 17.3 Å². The number of hydrogen-bond donors (Lipinski definition) is 2. The molecule has 3 N–H and O–H groups in total. The molecular weight excluding hydrogens is 287 g/mol. The predicted octanol–water partition coefficient (Wildman–Crippen LogP) is 2.14. The van der Waals surface area contributed by atoms with E-state index in [1.165, 1.54) is 0 Å². The molecule has 1 amide bonds. The van der Waals surface area contributed by atoms with Crippen molar-refractivity contribution in [2.24, 2.45) is 5.73 Å². The quantitative estimate of drug-likeness (QED) is 0.876. The minimum Gasteiger partial charge on any atom is -0.487 e. The third-order valence-corrected chi connectivity index (χ3v) is 3.27. The molecule has 4 nitrogen and oxygen atoms in total. The first-order valence-corrected chi connectivity index (χ1v) is 6.37. The lowest BCUT2D eigenvalue weighted by atomic mass is 10.2. The van der Waals surface area contributed by atoms with E-state index >= 15 is 0 Å². The van der Waals surface area contributed by atoms with Gasteiger partial charge in [0.2, 0.25) is 5.91 Å². The molecule has 19 heavy (non-hydrogen) atoms. The highest BCUT2D eigenvalue weighted by Crippen LogP contribution is 2.32. The van der Waals surface area contributed by atoms with Gasteiger partial charge in [0.15, 0.2) is 0 Å². The third-order valence-electron chi connectivity index (χ3n) is 2.96. The van der Waals surface area contributed by atoms with Crippen molar-refractivity contribution in [1.29, 1.82) is 0 Å². The van der Waals surface area contributed by atoms with E-state index in [2.05, 4.69) is 5.32 Å². The monoisotopic (exact) mass is 304 g/mol. The second-order valence-corrected chi connectivity index (χ2v) is 5.13. The number of carbonyl (C=O) groups excluding carboxylic acids is 1. The highest BCUT2D eigenvalue weighted by atomic mass is 35.5. The standard InChI is InChI=1S/C13H17ClN2O2.ClH/c1-9(8-16-12(17)13(15)6-7-13)18-11-5-3-2-4-10(11)14;/h2-5,9H,6-8,15H2,1H3,(H,16,17);1H. The molecule has 6 heteroatoms. The van der Waals surface area contributed by atoms with Crippen LogP contribution in [-0.2, 0) is 4.79 Å². The van der Waals surface area contributed by atoms with E-state index in [-0.39, 0.29) is 24.4 Å². The number of carbonyl (C=O) groups is 1. The molecule has 0 bridgehead atoms. The number of ether oxygens (including phenoxy) is 1. The molecule has 0 aromatic heterocycles. The Balaban J connectivity index is 0.00000180. The number of hydrogen-bond acceptors (Lipinski definition) is 3. The SMILES string of the molecule is CC(CNC(=O)C1(N)CC1)Oc1ccccc1Cl.Cl. The maximum atomic E-state index is 11.6. The van der Waals surface area contributed by atoms with Gasteiger partial charge in [-0.3, -0.25) is 4.79 Å². The first-order valence-electron chi connectivity index (χ1n) is 6.00. The van der Waals surface area contributed by atoms with Crippen LogP contribution in [0.1, 0.15) is 19.8 Å². The largest absolute Gasteiger partial charge is 0.487 e. The maximum Gasteiger partial charge on any atom is 0.240 e. The van der Waals surface area contributed by atoms with Gasteiger partial charge in [0, 0.05) is 0 Å². The van der Waals surface area contributed by atoms with Crippen molar-refractivity contribution < 1.29 is 9.53 Å². The van der Waals surface area contributed by atoms with Crippen LogP contribution in [0.15, 0.2) is 24.3 Å². The van der Waals surface area contributed by atoms with Crippen LogP contribution >= 0.6 is 24.0 Å². The number of para-hydroxylation sites is 1. The molecule has 1 aliphatic carbocycles. The zero-order valence-corrected chi connectivity index (χ0v) is 12.3. The van der Waals surface area contributed by atoms with Crippen LogP contribution in [0.3, 0.4) is 0 Å². The van der Waals surface area contributed by atoms with Crippen molar-refractivity contribution >= 4 is 29.9 Å². The summed E-state index contributed by atoms with van der Waals surface area (Å²) < 4.78 is 5.64. The van der Waals surface area contributed by atoms with Gasteiger partial charge in [-0.15, -0.1) is 12.4 Å². The van der Waals surface area contributed by atoms with Gasteiger partial charge in [-0.1, -0.05) is 23.7 Å². The van der Waals surface area contributed by atoms with Gasteiger partial charge in [-0.05, 0) is 31.9 Å². The summed E-state index contributed by atoms with van der Waals surface area (Å²) >= 11 is 5.98. The summed E-state index contributed by atoms with van der Waals surface area (Å²) in [6.07, 6.45) is 1.37. The molecule has 1 saturated carbocycles. The first-order chi connectivity index (χ1) is 8.51. The lowest BCUT2D eigenvalue weighted by Gasteiger charge is -2.17. The van der Waals surface area contributed by atoms with Crippen LogP contribution in [0, 0.1) is 0 Å². The van der Waals surface area contributed by atoms with Crippen molar-refractivity contribution in [2.45, 2.75) is 31.4 Å². The smallest absolute Gasteiger partial charge is 0.240 e. The number of nitrogens with one attached hydrogen (secondary N) is 1. The Morgan fingerprint density at radius 1 is 1.53 bits per heavy atom. The van der Waals surface area contributed by atoms with Crippen LogP contribution in [-0.4, -0.2) is 24.1 Å². The summed E-state index contributed by atoms with van der Waals surface area (Å²) in [6, 6.07) is 7.26. The summed E-state index contributed by atoms with van der Waals surface area (Å²) in [5.41, 5.74) is 5.14. The Morgan fingerprint density at radius 3 is 2.74 bits per heavy atom. The topological polar surface area (TPSA) is 64.4 Å². The number of rotatable bonds is 5. The number of benzene rings is 1. The molecule has 2 rings (SSSR count). The number of amides is 1. The lowest BCUT2D eigenvalue weighted by molar-refractivity contribution is -0.123. The zero-order chi connectivity index (χ0) is 13.2. The van der Waals surface area contributed by atoms with E-state index < -0.39 is 5.54 Å². The molecule has 0 spiro atoms. The Labute approximate surface area is 124 Å². The van der Waals surface area contributed by atoms with Gasteiger partial charge in [-0.2, -0.15) is 0 Å². The summed E-state index contributed by atoms with van der Waals surface area (Å²) in [7, 11) is 0. The molecule has 1 aliphatic rings. The van der Waals surface area contributed by atoms with Gasteiger partial charge in [-0.25, -0.2) is 0 Å². The van der Waals surface area contributed by atoms with Crippen LogP contribution in [0.2, 0.25) is 5.02 Å². The molecule has 0 saturated heterocycles. The number of halogens is 2. The van der Waals surface area contributed by atoms with Crippen molar-refractivity contribution in [2.75, 3.05) is 6.54 Å². The summed E-state index contributed by atoms with van der Waals surface area (Å²) in [6.45, 7) is 2.29. The van der Waals surface area contributed by atoms with E-state index in [4.69, 9.17) is 22.1 Å². The van der Waals surface area contributed by atoms with Gasteiger partial charge in [0.25, 0.3) is 0 Å². The lowest BCUT2D eigenvalue weighted by Crippen LogP contribution is -2.45. The molecule has 1 fully saturated rings. The first kappa shape index (κ1) is 16.1. The fourth-order valence-electron chi connectivity index (χ4n) is 1.57. The second kappa shape index (κ2) is 6.46. The summed E-state index contributed by atoms with van der Waals surface area (Å²) in [4.78, 5) is 11.6. The Morgan fingerprint density at radius 2 is 2.16 bits per heavy atom. The molecule has 1 aromatic carbocycles. The minimum absolute atomic E-state index is 0. The summed E-state index contributed by atoms with van der Waals surface area (Å²) in [5, 5.41) is 3.36. The second-order valence-electron chi connectivity index (χ2n) is 4.73. The van der Waals surface area contributed by atoms with Crippen LogP contribution in [0.25, 0.3) is 0 Å². The van der Waals surface area contributed by atoms with E-state index in [9.17, 15) is 4.79 Å². The highest BCUT2D eigenvalue weighted by molar-refractivity contribution is 6.32. The fraction of sp³-hybridized carbons (Fsp3) is 0.462. The van der Waals surface area contributed by atoms with Crippen LogP contribution in [0.4, 0.5) is 0 Å². The Bertz CT molecular complexity index is 450. The Hall–Kier alpha value is -0.970. The van der Waals surface area contributed by atoms with Gasteiger partial charge in [0.1, 0.15) is 11.9 Å². The van der Waals surface area contributed by atoms with Crippen LogP contribution < -0.4 is 15.8 Å². The molecule has 0 aliphatic heterocycles. The zero-order valence-electron chi connectivity index (χ0n) is 10.7. The maximum absolute atomic E-state index is 11.6. The predicted molar refractivity (Wildman–Crippen MR) is 78.0 cm³/mol. The normalized spacial score (nSPS) is 17.0. The van der Waals surface area contributed by atoms with Crippen molar-refractivity contribution in [1.82, 2.24) is 5.32 Å². The van der Waals surface area contributed by atoms with Crippen molar-refractivity contribution in [3.05, 3.63) is 29.3 Å². The third kappa shape index (κ3) is 4.27. The Kier molecular flexibility index (Phi) is 5.47. The molecule has 0 heterocycles. The molecule has 0 radical (unpaired) electrons. The van der Waals surface area contributed by atoms with Gasteiger partial charge < -0.3 is 15.8 Å². The van der Waals surface area contributed by atoms with Crippen molar-refractivity contribution in [3.8, 4) is 5.75 Å². The molecule has 1 unspecified atom stereocenters. The van der Waals surface area contributed by atoms with Crippen LogP contribution in [0.5, 0.6) is 5.75 Å². The molecular formula is C13H18Cl2N2O2. The van der Waals surface area contributed by atoms with E-state index in [1.807, 2.05) is 19.1 Å². The molecule has 106 valence electrons. The fourth-order valence-corrected chi connectivity index (χ4v) is 1.75. The van der Waals surface area contributed by atoms with E-state index in [1.54, 1.807) is 12.1 Å². The number of nitrogens with two attached hydrogens (primary N) is 1. The average molecular weight is 305 g/mol. The highest BCUT2D eigenvalue weighted by Gasteiger charge is 2.45. The minimum atomic E-state index is -0.635. The summed E-state index contributed by atoms with van der Waals surface area (Å²) in [5.74, 6) is 0.520. The van der Waals surface area contributed by atoms with E-state index in [0.717, 1.165) is 12.8 Å². The average Bonchev–Trinajstić information content (AvgIpc) is 3.09. The van der Waals surface area contributed by atoms with Crippen molar-refractivity contribution in [3.63, 3.8) is 0 Å². The molecule has 1 aromatic rings. The van der Waals surface area contributed by atoms with Gasteiger partial charge in [0.05, 0.1) is 17.1 Å². The van der Waals surface area contributed by atoms with Gasteiger partial charge >= 0.3 is 0 Å². The molecule has 1 atom stereocenters.